The number of rotatable bonds is 11. The van der Waals surface area contributed by atoms with Crippen LogP contribution in [0.3, 0.4) is 0 Å². The number of nitrogens with zero attached hydrogens (tertiary/aromatic N) is 3. The molecule has 11 heteroatoms. The molecule has 2 aromatic rings. The van der Waals surface area contributed by atoms with Gasteiger partial charge in [0.25, 0.3) is 5.91 Å². The lowest BCUT2D eigenvalue weighted by atomic mass is 10.0. The Morgan fingerprint density at radius 1 is 1.03 bits per heavy atom. The first-order valence-electron chi connectivity index (χ1n) is 12.8. The number of likely N-dealkylation sites (tertiary alicyclic amines) is 1. The summed E-state index contributed by atoms with van der Waals surface area (Å²) in [6, 6.07) is 10.4. The smallest absolute Gasteiger partial charge is 0.255 e. The van der Waals surface area contributed by atoms with Crippen molar-refractivity contribution in [3.63, 3.8) is 0 Å². The van der Waals surface area contributed by atoms with Crippen LogP contribution in [0.1, 0.15) is 55.5 Å². The first-order chi connectivity index (χ1) is 18.1. The van der Waals surface area contributed by atoms with Crippen LogP contribution < -0.4 is 0 Å². The highest BCUT2D eigenvalue weighted by atomic mass is 35.5. The molecular formula is C27H34Cl2FN3O4S. The lowest BCUT2D eigenvalue weighted by Crippen LogP contribution is -2.51. The Balaban J connectivity index is 1.78. The third kappa shape index (κ3) is 7.91. The van der Waals surface area contributed by atoms with Gasteiger partial charge in [0.05, 0.1) is 22.9 Å². The fraction of sp³-hybridized carbons (Fsp3) is 0.481. The molecule has 208 valence electrons. The van der Waals surface area contributed by atoms with E-state index in [0.29, 0.717) is 49.4 Å². The van der Waals surface area contributed by atoms with E-state index in [1.165, 1.54) is 22.5 Å². The van der Waals surface area contributed by atoms with Crippen molar-refractivity contribution < 1.29 is 22.4 Å². The average Bonchev–Trinajstić information content (AvgIpc) is 2.88. The second-order valence-electron chi connectivity index (χ2n) is 9.45. The molecule has 0 spiro atoms. The van der Waals surface area contributed by atoms with E-state index in [1.807, 2.05) is 6.92 Å². The molecule has 0 saturated carbocycles. The second kappa shape index (κ2) is 13.7. The number of sulfonamides is 1. The SMILES string of the molecule is CCCN(CC(=O)N(Cc1ccc(F)cc1)C1CCN(C(=O)c2ccc(Cl)cc2Cl)CC1)S(=O)(=O)CCC. The third-order valence-electron chi connectivity index (χ3n) is 6.58. The van der Waals surface area contributed by atoms with Gasteiger partial charge < -0.3 is 9.80 Å². The highest BCUT2D eigenvalue weighted by Gasteiger charge is 2.33. The van der Waals surface area contributed by atoms with Crippen LogP contribution in [0.5, 0.6) is 0 Å². The minimum Gasteiger partial charge on any atom is -0.338 e. The van der Waals surface area contributed by atoms with Crippen molar-refractivity contribution in [3.05, 3.63) is 69.5 Å². The quantitative estimate of drug-likeness (QED) is 0.362. The molecule has 38 heavy (non-hydrogen) atoms. The molecule has 0 N–H and O–H groups in total. The van der Waals surface area contributed by atoms with E-state index in [9.17, 15) is 22.4 Å². The van der Waals surface area contributed by atoms with Gasteiger partial charge in [0, 0.05) is 37.2 Å². The zero-order chi connectivity index (χ0) is 27.9. The predicted octanol–water partition coefficient (Wildman–Crippen LogP) is 5.22. The number of hydrogen-bond acceptors (Lipinski definition) is 4. The Morgan fingerprint density at radius 2 is 1.68 bits per heavy atom. The van der Waals surface area contributed by atoms with Crippen LogP contribution in [0.15, 0.2) is 42.5 Å². The minimum absolute atomic E-state index is 0.0218. The van der Waals surface area contributed by atoms with Crippen molar-refractivity contribution in [1.82, 2.24) is 14.1 Å². The van der Waals surface area contributed by atoms with Crippen LogP contribution in [0.25, 0.3) is 0 Å². The highest BCUT2D eigenvalue weighted by molar-refractivity contribution is 7.89. The maximum absolute atomic E-state index is 13.6. The van der Waals surface area contributed by atoms with Gasteiger partial charge in [-0.3, -0.25) is 9.59 Å². The molecule has 0 aliphatic carbocycles. The molecule has 1 aliphatic rings. The van der Waals surface area contributed by atoms with Crippen molar-refractivity contribution >= 4 is 45.0 Å². The standard InChI is InChI=1S/C27H34Cl2FN3O4S/c1-3-13-32(38(36,37)16-4-2)19-26(34)33(18-20-5-8-22(30)9-6-20)23-11-14-31(15-12-23)27(35)24-10-7-21(28)17-25(24)29/h5-10,17,23H,3-4,11-16,18-19H2,1-2H3. The largest absolute Gasteiger partial charge is 0.338 e. The zero-order valence-electron chi connectivity index (χ0n) is 21.7. The number of halogens is 3. The van der Waals surface area contributed by atoms with E-state index in [4.69, 9.17) is 23.2 Å². The molecule has 0 bridgehead atoms. The van der Waals surface area contributed by atoms with Gasteiger partial charge in [-0.2, -0.15) is 4.31 Å². The predicted molar refractivity (Wildman–Crippen MR) is 148 cm³/mol. The summed E-state index contributed by atoms with van der Waals surface area (Å²) >= 11 is 12.2. The molecular weight excluding hydrogens is 552 g/mol. The zero-order valence-corrected chi connectivity index (χ0v) is 24.0. The van der Waals surface area contributed by atoms with Gasteiger partial charge in [0.2, 0.25) is 15.9 Å². The van der Waals surface area contributed by atoms with E-state index < -0.39 is 10.0 Å². The van der Waals surface area contributed by atoms with Crippen LogP contribution >= 0.6 is 23.2 Å². The summed E-state index contributed by atoms with van der Waals surface area (Å²) in [6.07, 6.45) is 2.07. The van der Waals surface area contributed by atoms with E-state index in [1.54, 1.807) is 41.0 Å². The van der Waals surface area contributed by atoms with E-state index in [2.05, 4.69) is 0 Å². The van der Waals surface area contributed by atoms with Crippen LogP contribution in [0, 0.1) is 5.82 Å². The molecule has 0 aromatic heterocycles. The van der Waals surface area contributed by atoms with E-state index in [0.717, 1.165) is 5.56 Å². The van der Waals surface area contributed by atoms with Crippen molar-refractivity contribution in [3.8, 4) is 0 Å². The van der Waals surface area contributed by atoms with Gasteiger partial charge >= 0.3 is 0 Å². The number of piperidine rings is 1. The van der Waals surface area contributed by atoms with Crippen molar-refractivity contribution in [2.24, 2.45) is 0 Å². The second-order valence-corrected chi connectivity index (χ2v) is 12.4. The molecule has 1 heterocycles. The summed E-state index contributed by atoms with van der Waals surface area (Å²) in [5, 5.41) is 0.723. The van der Waals surface area contributed by atoms with Crippen molar-refractivity contribution in [2.75, 3.05) is 31.9 Å². The first-order valence-corrected chi connectivity index (χ1v) is 15.2. The normalized spacial score (nSPS) is 14.6. The summed E-state index contributed by atoms with van der Waals surface area (Å²) in [5.41, 5.74) is 1.11. The van der Waals surface area contributed by atoms with Gasteiger partial charge in [0.15, 0.2) is 0 Å². The lowest BCUT2D eigenvalue weighted by Gasteiger charge is -2.39. The lowest BCUT2D eigenvalue weighted by molar-refractivity contribution is -0.135. The van der Waals surface area contributed by atoms with Crippen LogP contribution in [-0.4, -0.2) is 72.3 Å². The topological polar surface area (TPSA) is 78.0 Å². The Labute approximate surface area is 234 Å². The summed E-state index contributed by atoms with van der Waals surface area (Å²) in [7, 11) is -3.57. The van der Waals surface area contributed by atoms with Gasteiger partial charge in [-0.25, -0.2) is 12.8 Å². The van der Waals surface area contributed by atoms with Gasteiger partial charge in [-0.15, -0.1) is 0 Å². The summed E-state index contributed by atoms with van der Waals surface area (Å²) < 4.78 is 40.4. The maximum Gasteiger partial charge on any atom is 0.255 e. The molecule has 0 radical (unpaired) electrons. The Hall–Kier alpha value is -2.20. The third-order valence-corrected chi connectivity index (χ3v) is 9.15. The van der Waals surface area contributed by atoms with Crippen LogP contribution in [-0.2, 0) is 21.4 Å². The maximum atomic E-state index is 13.6. The minimum atomic E-state index is -3.57. The molecule has 2 amide bonds. The molecule has 3 rings (SSSR count). The number of carbonyl (C=O) groups is 2. The number of benzene rings is 2. The van der Waals surface area contributed by atoms with Gasteiger partial charge in [0.1, 0.15) is 5.82 Å². The van der Waals surface area contributed by atoms with Gasteiger partial charge in [-0.1, -0.05) is 49.2 Å². The molecule has 1 aliphatic heterocycles. The molecule has 2 aromatic carbocycles. The van der Waals surface area contributed by atoms with Crippen LogP contribution in [0.4, 0.5) is 4.39 Å². The fourth-order valence-corrected chi connectivity index (χ4v) is 6.65. The van der Waals surface area contributed by atoms with Crippen LogP contribution in [0.2, 0.25) is 10.0 Å². The summed E-state index contributed by atoms with van der Waals surface area (Å²) in [4.78, 5) is 30.0. The highest BCUT2D eigenvalue weighted by Crippen LogP contribution is 2.26. The molecule has 0 unspecified atom stereocenters. The molecule has 7 nitrogen and oxygen atoms in total. The molecule has 1 saturated heterocycles. The number of hydrogen-bond donors (Lipinski definition) is 0. The fourth-order valence-electron chi connectivity index (χ4n) is 4.62. The number of amides is 2. The summed E-state index contributed by atoms with van der Waals surface area (Å²) in [6.45, 7) is 4.69. The van der Waals surface area contributed by atoms with Crippen molar-refractivity contribution in [1.29, 1.82) is 0 Å². The average molecular weight is 587 g/mol. The van der Waals surface area contributed by atoms with E-state index in [-0.39, 0.29) is 54.1 Å². The monoisotopic (exact) mass is 585 g/mol. The number of carbonyl (C=O) groups excluding carboxylic acids is 2. The Morgan fingerprint density at radius 3 is 2.26 bits per heavy atom. The van der Waals surface area contributed by atoms with E-state index >= 15 is 0 Å². The first kappa shape index (κ1) is 30.3. The Kier molecular flexibility index (Phi) is 11.0. The van der Waals surface area contributed by atoms with Gasteiger partial charge in [-0.05, 0) is 61.6 Å². The molecule has 1 fully saturated rings. The molecule has 0 atom stereocenters. The summed E-state index contributed by atoms with van der Waals surface area (Å²) in [5.74, 6) is -0.917. The Bertz CT molecular complexity index is 1220. The van der Waals surface area contributed by atoms with Crippen molar-refractivity contribution in [2.45, 2.75) is 52.1 Å².